The second-order valence-corrected chi connectivity index (χ2v) is 8.43. The quantitative estimate of drug-likeness (QED) is 0.428. The second-order valence-electron chi connectivity index (χ2n) is 7.55. The molecule has 0 saturated carbocycles. The van der Waals surface area contributed by atoms with Crippen LogP contribution in [0.2, 0.25) is 0 Å². The molecule has 2 aromatic carbocycles. The number of carbonyl (C=O) groups is 1. The normalized spacial score (nSPS) is 13.1. The van der Waals surface area contributed by atoms with Crippen molar-refractivity contribution in [2.75, 3.05) is 6.26 Å². The highest BCUT2D eigenvalue weighted by Crippen LogP contribution is 2.28. The number of benzene rings is 2. The van der Waals surface area contributed by atoms with Crippen molar-refractivity contribution in [3.63, 3.8) is 0 Å². The van der Waals surface area contributed by atoms with Crippen LogP contribution in [-0.4, -0.2) is 37.5 Å². The molecule has 0 radical (unpaired) electrons. The standard InChI is InChI=1S/C23H29N5O2S/c1-4-5-13-28-23(25-26-27-28)22(17-9-11-19(31-3)12-10-17)24-20(15-21(29)30)18-8-6-7-16(2)14-18/h6-12,14,20,22,24H,4-5,13,15H2,1-3H3,(H,29,30). The summed E-state index contributed by atoms with van der Waals surface area (Å²) in [6.45, 7) is 4.85. The first kappa shape index (κ1) is 23.0. The SMILES string of the molecule is CCCCn1nnnc1C(NC(CC(=O)O)c1cccc(C)c1)c1ccc(SC)cc1. The van der Waals surface area contributed by atoms with E-state index in [1.807, 2.05) is 42.1 Å². The van der Waals surface area contributed by atoms with E-state index in [1.165, 1.54) is 0 Å². The Morgan fingerprint density at radius 2 is 1.97 bits per heavy atom. The first-order chi connectivity index (χ1) is 15.0. The third kappa shape index (κ3) is 6.15. The number of carboxylic acids is 1. The van der Waals surface area contributed by atoms with Crippen LogP contribution in [0.15, 0.2) is 53.4 Å². The Kier molecular flexibility index (Phi) is 8.20. The lowest BCUT2D eigenvalue weighted by molar-refractivity contribution is -0.137. The summed E-state index contributed by atoms with van der Waals surface area (Å²) in [4.78, 5) is 12.8. The lowest BCUT2D eigenvalue weighted by Gasteiger charge is -2.25. The smallest absolute Gasteiger partial charge is 0.305 e. The van der Waals surface area contributed by atoms with Crippen LogP contribution in [0.25, 0.3) is 0 Å². The number of carboxylic acid groups (broad SMARTS) is 1. The Morgan fingerprint density at radius 3 is 2.61 bits per heavy atom. The fourth-order valence-corrected chi connectivity index (χ4v) is 3.95. The molecule has 0 aliphatic carbocycles. The topological polar surface area (TPSA) is 92.9 Å². The van der Waals surface area contributed by atoms with E-state index in [0.29, 0.717) is 12.4 Å². The van der Waals surface area contributed by atoms with E-state index in [4.69, 9.17) is 0 Å². The molecule has 2 N–H and O–H groups in total. The van der Waals surface area contributed by atoms with E-state index in [9.17, 15) is 9.90 Å². The maximum atomic E-state index is 11.7. The molecule has 0 bridgehead atoms. The van der Waals surface area contributed by atoms with Gasteiger partial charge in [-0.25, -0.2) is 4.68 Å². The lowest BCUT2D eigenvalue weighted by Crippen LogP contribution is -2.31. The minimum atomic E-state index is -0.860. The van der Waals surface area contributed by atoms with Gasteiger partial charge in [0.25, 0.3) is 0 Å². The van der Waals surface area contributed by atoms with Crippen LogP contribution in [0.1, 0.15) is 60.8 Å². The van der Waals surface area contributed by atoms with Crippen molar-refractivity contribution in [1.29, 1.82) is 0 Å². The molecule has 0 aliphatic heterocycles. The number of nitrogens with zero attached hydrogens (tertiary/aromatic N) is 4. The zero-order chi connectivity index (χ0) is 22.2. The van der Waals surface area contributed by atoms with Crippen molar-refractivity contribution in [3.05, 3.63) is 71.0 Å². The summed E-state index contributed by atoms with van der Waals surface area (Å²) in [7, 11) is 0. The van der Waals surface area contributed by atoms with Gasteiger partial charge in [0.2, 0.25) is 0 Å². The van der Waals surface area contributed by atoms with Crippen LogP contribution in [0.4, 0.5) is 0 Å². The number of hydrogen-bond donors (Lipinski definition) is 2. The zero-order valence-electron chi connectivity index (χ0n) is 18.2. The first-order valence-electron chi connectivity index (χ1n) is 10.5. The van der Waals surface area contributed by atoms with Crippen molar-refractivity contribution in [2.24, 2.45) is 0 Å². The van der Waals surface area contributed by atoms with Crippen molar-refractivity contribution in [1.82, 2.24) is 25.5 Å². The van der Waals surface area contributed by atoms with Crippen molar-refractivity contribution in [2.45, 2.75) is 56.6 Å². The monoisotopic (exact) mass is 439 g/mol. The van der Waals surface area contributed by atoms with Gasteiger partial charge >= 0.3 is 5.97 Å². The molecule has 1 aromatic heterocycles. The molecule has 164 valence electrons. The highest BCUT2D eigenvalue weighted by atomic mass is 32.2. The van der Waals surface area contributed by atoms with Crippen molar-refractivity contribution < 1.29 is 9.90 Å². The van der Waals surface area contributed by atoms with Gasteiger partial charge < -0.3 is 5.11 Å². The molecule has 0 saturated heterocycles. The Bertz CT molecular complexity index is 990. The minimum absolute atomic E-state index is 0.0423. The van der Waals surface area contributed by atoms with Crippen LogP contribution in [0.5, 0.6) is 0 Å². The molecule has 31 heavy (non-hydrogen) atoms. The van der Waals surface area contributed by atoms with Gasteiger partial charge in [-0.05, 0) is 53.3 Å². The number of unbranched alkanes of at least 4 members (excludes halogenated alkanes) is 1. The molecule has 0 aliphatic rings. The van der Waals surface area contributed by atoms with E-state index in [-0.39, 0.29) is 18.5 Å². The summed E-state index contributed by atoms with van der Waals surface area (Å²) in [5, 5.41) is 25.5. The second kappa shape index (κ2) is 11.1. The molecular formula is C23H29N5O2S. The molecule has 0 amide bonds. The summed E-state index contributed by atoms with van der Waals surface area (Å²) < 4.78 is 1.82. The van der Waals surface area contributed by atoms with E-state index in [2.05, 4.69) is 52.0 Å². The Hall–Kier alpha value is -2.71. The van der Waals surface area contributed by atoms with Crippen LogP contribution >= 0.6 is 11.8 Å². The van der Waals surface area contributed by atoms with Gasteiger partial charge in [0.05, 0.1) is 12.5 Å². The molecule has 7 nitrogen and oxygen atoms in total. The Labute approximate surface area is 187 Å². The maximum absolute atomic E-state index is 11.7. The summed E-state index contributed by atoms with van der Waals surface area (Å²) >= 11 is 1.68. The van der Waals surface area contributed by atoms with E-state index in [1.54, 1.807) is 11.8 Å². The van der Waals surface area contributed by atoms with Crippen molar-refractivity contribution >= 4 is 17.7 Å². The minimum Gasteiger partial charge on any atom is -0.481 e. The fraction of sp³-hybridized carbons (Fsp3) is 0.391. The molecule has 3 aromatic rings. The highest BCUT2D eigenvalue weighted by molar-refractivity contribution is 7.98. The zero-order valence-corrected chi connectivity index (χ0v) is 19.0. The van der Waals surface area contributed by atoms with Gasteiger partial charge in [-0.3, -0.25) is 10.1 Å². The molecule has 2 unspecified atom stereocenters. The predicted molar refractivity (Wildman–Crippen MR) is 122 cm³/mol. The Balaban J connectivity index is 2.01. The van der Waals surface area contributed by atoms with Gasteiger partial charge in [-0.15, -0.1) is 16.9 Å². The van der Waals surface area contributed by atoms with Gasteiger partial charge in [0.1, 0.15) is 0 Å². The van der Waals surface area contributed by atoms with Crippen molar-refractivity contribution in [3.8, 4) is 0 Å². The molecular weight excluding hydrogens is 410 g/mol. The highest BCUT2D eigenvalue weighted by Gasteiger charge is 2.26. The summed E-state index contributed by atoms with van der Waals surface area (Å²) in [5.41, 5.74) is 3.01. The third-order valence-electron chi connectivity index (χ3n) is 5.18. The molecule has 8 heteroatoms. The lowest BCUT2D eigenvalue weighted by atomic mass is 9.98. The first-order valence-corrected chi connectivity index (χ1v) is 11.7. The largest absolute Gasteiger partial charge is 0.481 e. The summed E-state index contributed by atoms with van der Waals surface area (Å²) in [5.74, 6) is -0.172. The fourth-order valence-electron chi connectivity index (χ4n) is 3.54. The summed E-state index contributed by atoms with van der Waals surface area (Å²) in [6, 6.07) is 15.4. The maximum Gasteiger partial charge on any atom is 0.305 e. The number of aryl methyl sites for hydroxylation is 2. The average Bonchev–Trinajstić information content (AvgIpc) is 3.23. The number of tetrazole rings is 1. The third-order valence-corrected chi connectivity index (χ3v) is 5.93. The molecule has 2 atom stereocenters. The van der Waals surface area contributed by atoms with Gasteiger partial charge in [0, 0.05) is 17.5 Å². The number of nitrogens with one attached hydrogen (secondary N) is 1. The van der Waals surface area contributed by atoms with Gasteiger partial charge in [-0.1, -0.05) is 55.3 Å². The average molecular weight is 440 g/mol. The number of hydrogen-bond acceptors (Lipinski definition) is 6. The van der Waals surface area contributed by atoms with Crippen LogP contribution in [-0.2, 0) is 11.3 Å². The van der Waals surface area contributed by atoms with E-state index < -0.39 is 5.97 Å². The van der Waals surface area contributed by atoms with E-state index >= 15 is 0 Å². The van der Waals surface area contributed by atoms with Gasteiger partial charge in [-0.2, -0.15) is 0 Å². The van der Waals surface area contributed by atoms with Gasteiger partial charge in [0.15, 0.2) is 5.82 Å². The Morgan fingerprint density at radius 1 is 1.19 bits per heavy atom. The summed E-state index contributed by atoms with van der Waals surface area (Å²) in [6.07, 6.45) is 3.99. The molecule has 1 heterocycles. The molecule has 0 fully saturated rings. The number of aliphatic carboxylic acids is 1. The van der Waals surface area contributed by atoms with E-state index in [0.717, 1.165) is 34.4 Å². The molecule has 0 spiro atoms. The molecule has 3 rings (SSSR count). The van der Waals surface area contributed by atoms with Crippen LogP contribution in [0.3, 0.4) is 0 Å². The number of thioether (sulfide) groups is 1. The van der Waals surface area contributed by atoms with Crippen LogP contribution < -0.4 is 5.32 Å². The number of aromatic nitrogens is 4. The number of rotatable bonds is 11. The predicted octanol–water partition coefficient (Wildman–Crippen LogP) is 4.40. The van der Waals surface area contributed by atoms with Crippen LogP contribution in [0, 0.1) is 6.92 Å².